The Bertz CT molecular complexity index is 558. The molecule has 1 heterocycles. The molecule has 0 aromatic rings. The summed E-state index contributed by atoms with van der Waals surface area (Å²) in [5.41, 5.74) is 0.701. The smallest absolute Gasteiger partial charge is 0.309 e. The molecule has 29 heavy (non-hydrogen) atoms. The van der Waals surface area contributed by atoms with E-state index in [0.717, 1.165) is 25.2 Å². The Kier molecular flexibility index (Phi) is 7.84. The van der Waals surface area contributed by atoms with Crippen LogP contribution in [0.2, 0.25) is 0 Å². The SMILES string of the molecule is CCCC(C(C)=O)C1(CCCCC(C)CCCCC2(C3CCOC3=O)CC2)CC1. The molecule has 3 nitrogen and oxygen atoms in total. The number of carbonyl (C=O) groups is 2. The predicted octanol–water partition coefficient (Wildman–Crippen LogP) is 6.87. The zero-order valence-corrected chi connectivity index (χ0v) is 19.3. The Labute approximate surface area is 178 Å². The number of cyclic esters (lactones) is 1. The van der Waals surface area contributed by atoms with Crippen molar-refractivity contribution in [3.8, 4) is 0 Å². The van der Waals surface area contributed by atoms with Crippen LogP contribution >= 0.6 is 0 Å². The van der Waals surface area contributed by atoms with Crippen molar-refractivity contribution in [2.24, 2.45) is 28.6 Å². The molecule has 3 atom stereocenters. The number of carbonyl (C=O) groups excluding carboxylic acids is 2. The van der Waals surface area contributed by atoms with Crippen LogP contribution in [0.5, 0.6) is 0 Å². The third-order valence-corrected chi connectivity index (χ3v) is 8.51. The molecule has 0 radical (unpaired) electrons. The summed E-state index contributed by atoms with van der Waals surface area (Å²) < 4.78 is 5.20. The van der Waals surface area contributed by atoms with Crippen LogP contribution in [0.4, 0.5) is 0 Å². The molecule has 3 aliphatic rings. The molecule has 2 aliphatic carbocycles. The van der Waals surface area contributed by atoms with Crippen molar-refractivity contribution in [1.82, 2.24) is 0 Å². The summed E-state index contributed by atoms with van der Waals surface area (Å²) in [5, 5.41) is 0. The van der Waals surface area contributed by atoms with Crippen LogP contribution in [0.15, 0.2) is 0 Å². The second kappa shape index (κ2) is 9.96. The van der Waals surface area contributed by atoms with Crippen LogP contribution in [0.25, 0.3) is 0 Å². The molecule has 0 aromatic carbocycles. The van der Waals surface area contributed by atoms with Gasteiger partial charge in [0.1, 0.15) is 5.78 Å². The Morgan fingerprint density at radius 2 is 1.69 bits per heavy atom. The van der Waals surface area contributed by atoms with E-state index in [0.29, 0.717) is 29.1 Å². The van der Waals surface area contributed by atoms with E-state index in [9.17, 15) is 9.59 Å². The van der Waals surface area contributed by atoms with E-state index in [2.05, 4.69) is 13.8 Å². The third-order valence-electron chi connectivity index (χ3n) is 8.51. The first-order valence-electron chi connectivity index (χ1n) is 12.6. The van der Waals surface area contributed by atoms with Gasteiger partial charge in [0.25, 0.3) is 0 Å². The van der Waals surface area contributed by atoms with Crippen molar-refractivity contribution in [3.05, 3.63) is 0 Å². The first-order chi connectivity index (χ1) is 13.9. The van der Waals surface area contributed by atoms with Crippen molar-refractivity contribution in [2.75, 3.05) is 6.61 Å². The number of hydrogen-bond donors (Lipinski definition) is 0. The number of esters is 1. The maximum absolute atomic E-state index is 12.1. The first kappa shape index (κ1) is 22.8. The lowest BCUT2D eigenvalue weighted by atomic mass is 9.79. The van der Waals surface area contributed by atoms with Crippen LogP contribution in [0.3, 0.4) is 0 Å². The molecule has 3 fully saturated rings. The average molecular weight is 405 g/mol. The van der Waals surface area contributed by atoms with E-state index >= 15 is 0 Å². The minimum atomic E-state index is 0.0789. The molecule has 1 aliphatic heterocycles. The molecule has 3 unspecified atom stereocenters. The molecule has 0 N–H and O–H groups in total. The van der Waals surface area contributed by atoms with Gasteiger partial charge >= 0.3 is 5.97 Å². The van der Waals surface area contributed by atoms with Crippen molar-refractivity contribution in [1.29, 1.82) is 0 Å². The highest BCUT2D eigenvalue weighted by atomic mass is 16.5. The van der Waals surface area contributed by atoms with Crippen molar-refractivity contribution >= 4 is 11.8 Å². The van der Waals surface area contributed by atoms with Gasteiger partial charge in [-0.05, 0) is 75.0 Å². The van der Waals surface area contributed by atoms with E-state index in [1.165, 1.54) is 77.0 Å². The van der Waals surface area contributed by atoms with Gasteiger partial charge < -0.3 is 4.74 Å². The van der Waals surface area contributed by atoms with Gasteiger partial charge in [0.15, 0.2) is 0 Å². The standard InChI is InChI=1S/C26H44O3/c1-4-9-22(21(3)27)25(15-16-25)13-7-5-10-20(2)11-6-8-14-26(17-18-26)23-12-19-29-24(23)28/h20,22-23H,4-19H2,1-3H3. The normalized spacial score (nSPS) is 26.0. The number of unbranched alkanes of at least 4 members (excludes halogenated alkanes) is 2. The Hall–Kier alpha value is -0.860. The molecule has 3 rings (SSSR count). The highest BCUT2D eigenvalue weighted by Crippen LogP contribution is 2.58. The highest BCUT2D eigenvalue weighted by molar-refractivity contribution is 5.79. The van der Waals surface area contributed by atoms with E-state index in [1.807, 2.05) is 6.92 Å². The lowest BCUT2D eigenvalue weighted by Gasteiger charge is -2.25. The van der Waals surface area contributed by atoms with Crippen molar-refractivity contribution in [2.45, 2.75) is 117 Å². The fourth-order valence-corrected chi connectivity index (χ4v) is 6.23. The maximum atomic E-state index is 12.1. The van der Waals surface area contributed by atoms with Gasteiger partial charge in [-0.25, -0.2) is 0 Å². The molecular weight excluding hydrogens is 360 g/mol. The van der Waals surface area contributed by atoms with Crippen LogP contribution < -0.4 is 0 Å². The van der Waals surface area contributed by atoms with Crippen LogP contribution in [-0.2, 0) is 14.3 Å². The second-order valence-electron chi connectivity index (χ2n) is 10.8. The minimum Gasteiger partial charge on any atom is -0.465 e. The zero-order chi connectivity index (χ0) is 20.9. The molecule has 0 bridgehead atoms. The van der Waals surface area contributed by atoms with Gasteiger partial charge in [-0.1, -0.05) is 58.8 Å². The van der Waals surface area contributed by atoms with Gasteiger partial charge in [-0.2, -0.15) is 0 Å². The molecule has 0 spiro atoms. The first-order valence-corrected chi connectivity index (χ1v) is 12.6. The lowest BCUT2D eigenvalue weighted by molar-refractivity contribution is -0.143. The van der Waals surface area contributed by atoms with Gasteiger partial charge in [0, 0.05) is 5.92 Å². The molecule has 0 amide bonds. The van der Waals surface area contributed by atoms with Crippen LogP contribution in [0, 0.1) is 28.6 Å². The van der Waals surface area contributed by atoms with E-state index in [4.69, 9.17) is 4.74 Å². The van der Waals surface area contributed by atoms with E-state index in [1.54, 1.807) is 0 Å². The van der Waals surface area contributed by atoms with E-state index < -0.39 is 0 Å². The molecule has 1 saturated heterocycles. The number of ether oxygens (including phenoxy) is 1. The number of Topliss-reactive ketones (excluding diaryl/α,β-unsaturated/α-hetero) is 1. The quantitative estimate of drug-likeness (QED) is 0.221. The Balaban J connectivity index is 1.26. The summed E-state index contributed by atoms with van der Waals surface area (Å²) in [6, 6.07) is 0. The second-order valence-corrected chi connectivity index (χ2v) is 10.8. The molecule has 2 saturated carbocycles. The summed E-state index contributed by atoms with van der Waals surface area (Å²) in [6.45, 7) is 7.07. The molecule has 166 valence electrons. The van der Waals surface area contributed by atoms with Crippen LogP contribution in [-0.4, -0.2) is 18.4 Å². The fourth-order valence-electron chi connectivity index (χ4n) is 6.23. The largest absolute Gasteiger partial charge is 0.465 e. The predicted molar refractivity (Wildman–Crippen MR) is 118 cm³/mol. The molecule has 3 heteroatoms. The molecular formula is C26H44O3. The number of ketones is 1. The fraction of sp³-hybridized carbons (Fsp3) is 0.923. The summed E-state index contributed by atoms with van der Waals surface area (Å²) in [4.78, 5) is 24.0. The van der Waals surface area contributed by atoms with Gasteiger partial charge in [-0.15, -0.1) is 0 Å². The van der Waals surface area contributed by atoms with Gasteiger partial charge in [0.05, 0.1) is 12.5 Å². The van der Waals surface area contributed by atoms with Gasteiger partial charge in [-0.3, -0.25) is 9.59 Å². The Morgan fingerprint density at radius 3 is 2.17 bits per heavy atom. The van der Waals surface area contributed by atoms with E-state index in [-0.39, 0.29) is 11.9 Å². The average Bonchev–Trinajstić information content (AvgIpc) is 3.60. The zero-order valence-electron chi connectivity index (χ0n) is 19.3. The summed E-state index contributed by atoms with van der Waals surface area (Å²) in [5.74, 6) is 1.85. The Morgan fingerprint density at radius 1 is 1.03 bits per heavy atom. The summed E-state index contributed by atoms with van der Waals surface area (Å²) in [6.07, 6.45) is 18.6. The maximum Gasteiger partial charge on any atom is 0.309 e. The van der Waals surface area contributed by atoms with Crippen LogP contribution in [0.1, 0.15) is 117 Å². The highest BCUT2D eigenvalue weighted by Gasteiger charge is 2.53. The number of rotatable bonds is 15. The number of hydrogen-bond acceptors (Lipinski definition) is 3. The third kappa shape index (κ3) is 5.85. The van der Waals surface area contributed by atoms with Gasteiger partial charge in [0.2, 0.25) is 0 Å². The minimum absolute atomic E-state index is 0.0789. The molecule has 0 aromatic heterocycles. The van der Waals surface area contributed by atoms with Crippen molar-refractivity contribution in [3.63, 3.8) is 0 Å². The topological polar surface area (TPSA) is 43.4 Å². The summed E-state index contributed by atoms with van der Waals surface area (Å²) in [7, 11) is 0. The van der Waals surface area contributed by atoms with Crippen molar-refractivity contribution < 1.29 is 14.3 Å². The lowest BCUT2D eigenvalue weighted by Crippen LogP contribution is -2.23. The summed E-state index contributed by atoms with van der Waals surface area (Å²) >= 11 is 0. The monoisotopic (exact) mass is 404 g/mol.